The number of furan rings is 1. The number of benzene rings is 2. The van der Waals surface area contributed by atoms with Crippen molar-refractivity contribution in [2.45, 2.75) is 0 Å². The van der Waals surface area contributed by atoms with Crippen molar-refractivity contribution < 1.29 is 18.8 Å². The molecule has 1 aromatic heterocycles. The van der Waals surface area contributed by atoms with Gasteiger partial charge < -0.3 is 26.1 Å². The molecule has 2 aromatic carbocycles. The normalized spacial score (nSPS) is 10.1. The van der Waals surface area contributed by atoms with Crippen LogP contribution in [0.5, 0.6) is 0 Å². The van der Waals surface area contributed by atoms with Gasteiger partial charge in [-0.15, -0.1) is 0 Å². The van der Waals surface area contributed by atoms with Crippen LogP contribution in [-0.4, -0.2) is 24.3 Å². The molecule has 28 heavy (non-hydrogen) atoms. The highest BCUT2D eigenvalue weighted by molar-refractivity contribution is 6.03. The first-order chi connectivity index (χ1) is 13.5. The predicted molar refractivity (Wildman–Crippen MR) is 105 cm³/mol. The largest absolute Gasteiger partial charge is 0.459 e. The number of amides is 3. The van der Waals surface area contributed by atoms with E-state index in [4.69, 9.17) is 10.2 Å². The van der Waals surface area contributed by atoms with Gasteiger partial charge in [-0.25, -0.2) is 0 Å². The Balaban J connectivity index is 1.56. The Hall–Kier alpha value is -4.07. The lowest BCUT2D eigenvalue weighted by atomic mass is 10.2. The molecule has 0 spiro atoms. The molecule has 0 aliphatic heterocycles. The Morgan fingerprint density at radius 2 is 1.57 bits per heavy atom. The molecule has 0 aliphatic rings. The highest BCUT2D eigenvalue weighted by Gasteiger charge is 2.10. The van der Waals surface area contributed by atoms with Gasteiger partial charge in [0.25, 0.3) is 5.91 Å². The summed E-state index contributed by atoms with van der Waals surface area (Å²) in [6, 6.07) is 16.5. The van der Waals surface area contributed by atoms with E-state index in [1.54, 1.807) is 60.7 Å². The number of carbonyl (C=O) groups is 3. The molecule has 8 heteroatoms. The number of nitrogens with one attached hydrogen (secondary N) is 3. The fraction of sp³-hybridized carbons (Fsp3) is 0.0500. The lowest BCUT2D eigenvalue weighted by Gasteiger charge is -2.10. The van der Waals surface area contributed by atoms with Crippen LogP contribution < -0.4 is 21.7 Å². The van der Waals surface area contributed by atoms with Crippen molar-refractivity contribution in [1.82, 2.24) is 0 Å². The van der Waals surface area contributed by atoms with Crippen LogP contribution in [0.15, 0.2) is 71.3 Å². The molecule has 1 heterocycles. The molecule has 5 N–H and O–H groups in total. The van der Waals surface area contributed by atoms with Crippen LogP contribution in [0.4, 0.5) is 17.1 Å². The molecule has 3 rings (SSSR count). The maximum Gasteiger partial charge on any atom is 0.291 e. The third-order valence-electron chi connectivity index (χ3n) is 3.75. The van der Waals surface area contributed by atoms with Gasteiger partial charge in [0.1, 0.15) is 0 Å². The molecule has 142 valence electrons. The van der Waals surface area contributed by atoms with E-state index in [1.165, 1.54) is 6.26 Å². The summed E-state index contributed by atoms with van der Waals surface area (Å²) in [6.45, 7) is -0.00873. The number of rotatable bonds is 7. The number of carbonyl (C=O) groups excluding carboxylic acids is 3. The molecular formula is C20H18N4O4. The molecule has 0 bridgehead atoms. The smallest absolute Gasteiger partial charge is 0.291 e. The maximum absolute atomic E-state index is 12.2. The van der Waals surface area contributed by atoms with Gasteiger partial charge in [0.15, 0.2) is 5.76 Å². The van der Waals surface area contributed by atoms with E-state index < -0.39 is 5.91 Å². The Morgan fingerprint density at radius 3 is 2.29 bits per heavy atom. The number of hydrogen-bond acceptors (Lipinski definition) is 5. The highest BCUT2D eigenvalue weighted by atomic mass is 16.3. The fourth-order valence-electron chi connectivity index (χ4n) is 2.45. The third kappa shape index (κ3) is 4.98. The van der Waals surface area contributed by atoms with E-state index in [0.717, 1.165) is 0 Å². The number of nitrogens with two attached hydrogens (primary N) is 1. The van der Waals surface area contributed by atoms with Crippen molar-refractivity contribution in [3.05, 3.63) is 78.3 Å². The van der Waals surface area contributed by atoms with E-state index in [2.05, 4.69) is 16.0 Å². The van der Waals surface area contributed by atoms with Crippen molar-refractivity contribution >= 4 is 34.8 Å². The summed E-state index contributed by atoms with van der Waals surface area (Å²) < 4.78 is 5.04. The number of primary amides is 1. The molecule has 8 nitrogen and oxygen atoms in total. The second kappa shape index (κ2) is 8.54. The molecular weight excluding hydrogens is 360 g/mol. The van der Waals surface area contributed by atoms with Gasteiger partial charge in [-0.1, -0.05) is 12.1 Å². The lowest BCUT2D eigenvalue weighted by molar-refractivity contribution is -0.114. The van der Waals surface area contributed by atoms with Gasteiger partial charge in [0, 0.05) is 22.6 Å². The zero-order valence-corrected chi connectivity index (χ0v) is 14.8. The topological polar surface area (TPSA) is 126 Å². The van der Waals surface area contributed by atoms with Crippen molar-refractivity contribution in [3.8, 4) is 0 Å². The molecule has 3 amide bonds. The quantitative estimate of drug-likeness (QED) is 0.503. The second-order valence-corrected chi connectivity index (χ2v) is 5.86. The zero-order chi connectivity index (χ0) is 19.9. The van der Waals surface area contributed by atoms with Crippen molar-refractivity contribution in [3.63, 3.8) is 0 Å². The van der Waals surface area contributed by atoms with E-state index >= 15 is 0 Å². The first-order valence-electron chi connectivity index (χ1n) is 8.40. The fourth-order valence-corrected chi connectivity index (χ4v) is 2.45. The van der Waals surface area contributed by atoms with E-state index in [0.29, 0.717) is 22.6 Å². The van der Waals surface area contributed by atoms with Crippen LogP contribution in [0.2, 0.25) is 0 Å². The second-order valence-electron chi connectivity index (χ2n) is 5.86. The van der Waals surface area contributed by atoms with Crippen LogP contribution in [0, 0.1) is 0 Å². The Morgan fingerprint density at radius 1 is 0.857 bits per heavy atom. The summed E-state index contributed by atoms with van der Waals surface area (Å²) in [6.07, 6.45) is 1.41. The first-order valence-corrected chi connectivity index (χ1v) is 8.40. The minimum absolute atomic E-state index is 0.00873. The average molecular weight is 378 g/mol. The summed E-state index contributed by atoms with van der Waals surface area (Å²) in [5.41, 5.74) is 7.23. The minimum atomic E-state index is -0.540. The SMILES string of the molecule is NC(=O)c1cccc(NCC(=O)Nc2cccc(NC(=O)c3ccco3)c2)c1. The lowest BCUT2D eigenvalue weighted by Crippen LogP contribution is -2.22. The Labute approximate surface area is 160 Å². The van der Waals surface area contributed by atoms with Crippen LogP contribution in [0.25, 0.3) is 0 Å². The predicted octanol–water partition coefficient (Wildman–Crippen LogP) is 2.68. The molecule has 0 fully saturated rings. The molecule has 0 aliphatic carbocycles. The van der Waals surface area contributed by atoms with Gasteiger partial charge in [0.05, 0.1) is 12.8 Å². The first kappa shape index (κ1) is 18.7. The summed E-state index contributed by atoms with van der Waals surface area (Å²) in [5, 5.41) is 8.34. The molecule has 0 saturated carbocycles. The molecule has 0 saturated heterocycles. The standard InChI is InChI=1S/C20H18N4O4/c21-19(26)13-4-1-5-14(10-13)22-12-18(25)23-15-6-2-7-16(11-15)24-20(27)17-8-3-9-28-17/h1-11,22H,12H2,(H2,21,26)(H,23,25)(H,24,27). The summed E-state index contributed by atoms with van der Waals surface area (Å²) in [4.78, 5) is 35.4. The van der Waals surface area contributed by atoms with Crippen molar-refractivity contribution in [2.24, 2.45) is 5.73 Å². The molecule has 3 aromatic rings. The van der Waals surface area contributed by atoms with E-state index in [1.807, 2.05) is 0 Å². The van der Waals surface area contributed by atoms with Gasteiger partial charge in [-0.2, -0.15) is 0 Å². The van der Waals surface area contributed by atoms with Crippen molar-refractivity contribution in [2.75, 3.05) is 22.5 Å². The third-order valence-corrected chi connectivity index (χ3v) is 3.75. The van der Waals surface area contributed by atoms with Crippen molar-refractivity contribution in [1.29, 1.82) is 0 Å². The van der Waals surface area contributed by atoms with Gasteiger partial charge in [-0.3, -0.25) is 14.4 Å². The Bertz CT molecular complexity index is 999. The summed E-state index contributed by atoms with van der Waals surface area (Å²) in [7, 11) is 0. The number of anilines is 3. The van der Waals surface area contributed by atoms with Gasteiger partial charge in [-0.05, 0) is 48.5 Å². The minimum Gasteiger partial charge on any atom is -0.459 e. The van der Waals surface area contributed by atoms with Crippen LogP contribution in [0.3, 0.4) is 0 Å². The van der Waals surface area contributed by atoms with Gasteiger partial charge >= 0.3 is 0 Å². The zero-order valence-electron chi connectivity index (χ0n) is 14.8. The molecule has 0 radical (unpaired) electrons. The van der Waals surface area contributed by atoms with Gasteiger partial charge in [0.2, 0.25) is 11.8 Å². The average Bonchev–Trinajstić information content (AvgIpc) is 3.22. The van der Waals surface area contributed by atoms with Crippen LogP contribution in [-0.2, 0) is 4.79 Å². The Kier molecular flexibility index (Phi) is 5.71. The number of hydrogen-bond donors (Lipinski definition) is 4. The monoisotopic (exact) mass is 378 g/mol. The summed E-state index contributed by atoms with van der Waals surface area (Å²) >= 11 is 0. The summed E-state index contributed by atoms with van der Waals surface area (Å²) in [5.74, 6) is -1.03. The molecule has 0 atom stereocenters. The highest BCUT2D eigenvalue weighted by Crippen LogP contribution is 2.16. The van der Waals surface area contributed by atoms with E-state index in [-0.39, 0.29) is 24.1 Å². The molecule has 0 unspecified atom stereocenters. The van der Waals surface area contributed by atoms with E-state index in [9.17, 15) is 14.4 Å². The maximum atomic E-state index is 12.2. The van der Waals surface area contributed by atoms with Crippen LogP contribution in [0.1, 0.15) is 20.9 Å². The van der Waals surface area contributed by atoms with Crippen LogP contribution >= 0.6 is 0 Å².